The molecule has 1 heterocycles. The normalized spacial score (nSPS) is 12.2. The van der Waals surface area contributed by atoms with Gasteiger partial charge in [-0.1, -0.05) is 35.4 Å². The molecule has 0 saturated heterocycles. The topological polar surface area (TPSA) is 71.3 Å². The average Bonchev–Trinajstić information content (AvgIpc) is 3.13. The Morgan fingerprint density at radius 3 is 2.56 bits per heavy atom. The smallest absolute Gasteiger partial charge is 0.247 e. The van der Waals surface area contributed by atoms with Gasteiger partial charge in [0.25, 0.3) is 0 Å². The zero-order valence-corrected chi connectivity index (χ0v) is 16.1. The van der Waals surface area contributed by atoms with Crippen LogP contribution in [-0.4, -0.2) is 34.6 Å². The number of aromatic nitrogens is 2. The van der Waals surface area contributed by atoms with Crippen molar-refractivity contribution in [3.63, 3.8) is 0 Å². The van der Waals surface area contributed by atoms with Crippen LogP contribution < -0.4 is 5.32 Å². The predicted molar refractivity (Wildman–Crippen MR) is 105 cm³/mol. The van der Waals surface area contributed by atoms with E-state index < -0.39 is 0 Å². The molecule has 3 aromatic rings. The van der Waals surface area contributed by atoms with Gasteiger partial charge in [0.15, 0.2) is 0 Å². The molecule has 140 valence electrons. The first-order chi connectivity index (χ1) is 12.9. The average molecular weight is 364 g/mol. The van der Waals surface area contributed by atoms with Crippen molar-refractivity contribution in [2.24, 2.45) is 0 Å². The van der Waals surface area contributed by atoms with Gasteiger partial charge in [0.1, 0.15) is 0 Å². The number of benzene rings is 2. The second-order valence-corrected chi connectivity index (χ2v) is 6.82. The SMILES string of the molecule is Cc1ccc(NC(=O)CN(C)[C@@H](C)c2nnc(-c3cccc(C)c3)o2)cc1. The van der Waals surface area contributed by atoms with Gasteiger partial charge in [-0.05, 0) is 52.1 Å². The van der Waals surface area contributed by atoms with Crippen LogP contribution in [0.25, 0.3) is 11.5 Å². The van der Waals surface area contributed by atoms with Crippen LogP contribution in [0.15, 0.2) is 52.9 Å². The minimum atomic E-state index is -0.181. The maximum atomic E-state index is 12.3. The molecule has 1 N–H and O–H groups in total. The highest BCUT2D eigenvalue weighted by Gasteiger charge is 2.21. The Morgan fingerprint density at radius 2 is 1.85 bits per heavy atom. The Balaban J connectivity index is 1.62. The molecule has 2 aromatic carbocycles. The van der Waals surface area contributed by atoms with Crippen LogP contribution in [0.2, 0.25) is 0 Å². The van der Waals surface area contributed by atoms with Crippen molar-refractivity contribution in [3.8, 4) is 11.5 Å². The van der Waals surface area contributed by atoms with Crippen molar-refractivity contribution in [3.05, 3.63) is 65.5 Å². The number of likely N-dealkylation sites (N-methyl/N-ethyl adjacent to an activating group) is 1. The van der Waals surface area contributed by atoms with Gasteiger partial charge in [-0.15, -0.1) is 10.2 Å². The number of nitrogens with zero attached hydrogens (tertiary/aromatic N) is 3. The van der Waals surface area contributed by atoms with E-state index in [1.807, 2.05) is 81.2 Å². The number of hydrogen-bond acceptors (Lipinski definition) is 5. The maximum absolute atomic E-state index is 12.3. The van der Waals surface area contributed by atoms with Crippen molar-refractivity contribution in [1.82, 2.24) is 15.1 Å². The molecule has 0 aliphatic heterocycles. The van der Waals surface area contributed by atoms with Crippen molar-refractivity contribution in [1.29, 1.82) is 0 Å². The summed E-state index contributed by atoms with van der Waals surface area (Å²) < 4.78 is 5.83. The first-order valence-corrected chi connectivity index (χ1v) is 8.89. The predicted octanol–water partition coefficient (Wildman–Crippen LogP) is 3.98. The molecular weight excluding hydrogens is 340 g/mol. The molecule has 0 radical (unpaired) electrons. The highest BCUT2D eigenvalue weighted by molar-refractivity contribution is 5.92. The fraction of sp³-hybridized carbons (Fsp3) is 0.286. The molecule has 1 atom stereocenters. The summed E-state index contributed by atoms with van der Waals surface area (Å²) in [7, 11) is 1.86. The highest BCUT2D eigenvalue weighted by atomic mass is 16.4. The van der Waals surface area contributed by atoms with E-state index in [-0.39, 0.29) is 18.5 Å². The van der Waals surface area contributed by atoms with Gasteiger partial charge >= 0.3 is 0 Å². The lowest BCUT2D eigenvalue weighted by Gasteiger charge is -2.21. The fourth-order valence-corrected chi connectivity index (χ4v) is 2.69. The summed E-state index contributed by atoms with van der Waals surface area (Å²) >= 11 is 0. The van der Waals surface area contributed by atoms with Gasteiger partial charge < -0.3 is 9.73 Å². The molecule has 0 aliphatic carbocycles. The van der Waals surface area contributed by atoms with Crippen molar-refractivity contribution in [2.45, 2.75) is 26.8 Å². The van der Waals surface area contributed by atoms with Crippen LogP contribution >= 0.6 is 0 Å². The molecule has 1 aromatic heterocycles. The first kappa shape index (κ1) is 18.8. The number of amides is 1. The molecule has 0 spiro atoms. The van der Waals surface area contributed by atoms with Gasteiger partial charge in [0, 0.05) is 11.3 Å². The molecule has 3 rings (SSSR count). The zero-order chi connectivity index (χ0) is 19.4. The number of rotatable bonds is 6. The number of nitrogens with one attached hydrogen (secondary N) is 1. The van der Waals surface area contributed by atoms with Gasteiger partial charge in [0.2, 0.25) is 17.7 Å². The zero-order valence-electron chi connectivity index (χ0n) is 16.1. The summed E-state index contributed by atoms with van der Waals surface area (Å²) in [6.45, 7) is 6.18. The second-order valence-electron chi connectivity index (χ2n) is 6.82. The van der Waals surface area contributed by atoms with Crippen LogP contribution in [0.5, 0.6) is 0 Å². The molecule has 0 fully saturated rings. The Labute approximate surface area is 159 Å². The Bertz CT molecular complexity index is 918. The van der Waals surface area contributed by atoms with E-state index in [0.29, 0.717) is 11.8 Å². The van der Waals surface area contributed by atoms with E-state index in [1.165, 1.54) is 0 Å². The lowest BCUT2D eigenvalue weighted by atomic mass is 10.1. The minimum Gasteiger partial charge on any atom is -0.419 e. The standard InChI is InChI=1S/C21H24N4O2/c1-14-8-10-18(11-9-14)22-19(26)13-25(4)16(3)20-23-24-21(27-20)17-7-5-6-15(2)12-17/h5-12,16H,13H2,1-4H3,(H,22,26)/t16-/m0/s1. The van der Waals surface area contributed by atoms with Crippen LogP contribution in [0, 0.1) is 13.8 Å². The van der Waals surface area contributed by atoms with Crippen LogP contribution in [0.1, 0.15) is 30.0 Å². The van der Waals surface area contributed by atoms with Crippen LogP contribution in [-0.2, 0) is 4.79 Å². The van der Waals surface area contributed by atoms with E-state index in [9.17, 15) is 4.79 Å². The Hall–Kier alpha value is -2.99. The van der Waals surface area contributed by atoms with Crippen LogP contribution in [0.4, 0.5) is 5.69 Å². The van der Waals surface area contributed by atoms with Crippen molar-refractivity contribution < 1.29 is 9.21 Å². The maximum Gasteiger partial charge on any atom is 0.247 e. The molecule has 0 bridgehead atoms. The van der Waals surface area contributed by atoms with E-state index in [2.05, 4.69) is 15.5 Å². The van der Waals surface area contributed by atoms with E-state index >= 15 is 0 Å². The lowest BCUT2D eigenvalue weighted by molar-refractivity contribution is -0.117. The third kappa shape index (κ3) is 4.80. The minimum absolute atomic E-state index is 0.0911. The van der Waals surface area contributed by atoms with E-state index in [4.69, 9.17) is 4.42 Å². The summed E-state index contributed by atoms with van der Waals surface area (Å²) in [5.41, 5.74) is 3.96. The van der Waals surface area contributed by atoms with E-state index in [0.717, 1.165) is 22.4 Å². The van der Waals surface area contributed by atoms with Crippen LogP contribution in [0.3, 0.4) is 0 Å². The number of hydrogen-bond donors (Lipinski definition) is 1. The fourth-order valence-electron chi connectivity index (χ4n) is 2.69. The number of carbonyl (C=O) groups excluding carboxylic acids is 1. The summed E-state index contributed by atoms with van der Waals surface area (Å²) in [6, 6.07) is 15.4. The third-order valence-electron chi connectivity index (χ3n) is 4.45. The Morgan fingerprint density at radius 1 is 1.11 bits per heavy atom. The largest absolute Gasteiger partial charge is 0.419 e. The molecule has 0 aliphatic rings. The summed E-state index contributed by atoms with van der Waals surface area (Å²) in [4.78, 5) is 14.2. The second kappa shape index (κ2) is 8.14. The molecular formula is C21H24N4O2. The van der Waals surface area contributed by atoms with Gasteiger partial charge in [-0.2, -0.15) is 0 Å². The molecule has 1 amide bonds. The lowest BCUT2D eigenvalue weighted by Crippen LogP contribution is -2.32. The number of aryl methyl sites for hydroxylation is 2. The summed E-state index contributed by atoms with van der Waals surface area (Å²) in [6.07, 6.45) is 0. The van der Waals surface area contributed by atoms with Gasteiger partial charge in [-0.25, -0.2) is 0 Å². The highest BCUT2D eigenvalue weighted by Crippen LogP contribution is 2.23. The van der Waals surface area contributed by atoms with Gasteiger partial charge in [0.05, 0.1) is 12.6 Å². The molecule has 6 nitrogen and oxygen atoms in total. The molecule has 0 unspecified atom stereocenters. The van der Waals surface area contributed by atoms with Gasteiger partial charge in [-0.3, -0.25) is 9.69 Å². The van der Waals surface area contributed by atoms with Crippen molar-refractivity contribution in [2.75, 3.05) is 18.9 Å². The van der Waals surface area contributed by atoms with Crippen molar-refractivity contribution >= 4 is 11.6 Å². The summed E-state index contributed by atoms with van der Waals surface area (Å²) in [5.74, 6) is 0.877. The molecule has 6 heteroatoms. The first-order valence-electron chi connectivity index (χ1n) is 8.89. The van der Waals surface area contributed by atoms with E-state index in [1.54, 1.807) is 0 Å². The molecule has 0 saturated carbocycles. The monoisotopic (exact) mass is 364 g/mol. The number of carbonyl (C=O) groups is 1. The third-order valence-corrected chi connectivity index (χ3v) is 4.45. The Kier molecular flexibility index (Phi) is 5.66. The molecule has 27 heavy (non-hydrogen) atoms. The summed E-state index contributed by atoms with van der Waals surface area (Å²) in [5, 5.41) is 11.2. The number of anilines is 1. The quantitative estimate of drug-likeness (QED) is 0.716.